The molecular formula is C5H9NaO3. The molecule has 1 N–H and O–H groups in total. The summed E-state index contributed by atoms with van der Waals surface area (Å²) < 4.78 is 4.42. The Balaban J connectivity index is 0. The third-order valence-electron chi connectivity index (χ3n) is 0.684. The number of ketones is 1. The zero-order chi connectivity index (χ0) is 6.57. The van der Waals surface area contributed by atoms with E-state index >= 15 is 0 Å². The number of allylic oxidation sites excluding steroid dienone is 1. The Morgan fingerprint density at radius 3 is 2.11 bits per heavy atom. The van der Waals surface area contributed by atoms with Crippen LogP contribution in [0.15, 0.2) is 12.0 Å². The molecule has 0 saturated carbocycles. The Bertz CT molecular complexity index is 119. The molecular weight excluding hydrogens is 131 g/mol. The summed E-state index contributed by atoms with van der Waals surface area (Å²) in [5.74, 6) is -0.306. The van der Waals surface area contributed by atoms with Crippen molar-refractivity contribution in [2.45, 2.75) is 6.92 Å². The van der Waals surface area contributed by atoms with E-state index < -0.39 is 0 Å². The topological polar surface area (TPSA) is 46.5 Å². The molecule has 0 aromatic heterocycles. The van der Waals surface area contributed by atoms with Crippen molar-refractivity contribution < 1.29 is 14.6 Å². The fourth-order valence-corrected chi connectivity index (χ4v) is 0.287. The monoisotopic (exact) mass is 140 g/mol. The number of Topliss-reactive ketones (excluding diaryl/α,β-unsaturated/α-hetero) is 1. The minimum absolute atomic E-state index is 0. The van der Waals surface area contributed by atoms with Gasteiger partial charge in [-0.15, -0.1) is 0 Å². The summed E-state index contributed by atoms with van der Waals surface area (Å²) in [7, 11) is 1.32. The molecule has 0 aliphatic carbocycles. The van der Waals surface area contributed by atoms with Crippen molar-refractivity contribution in [3.05, 3.63) is 12.0 Å². The van der Waals surface area contributed by atoms with Crippen LogP contribution >= 0.6 is 0 Å². The summed E-state index contributed by atoms with van der Waals surface area (Å²) in [6, 6.07) is 0. The van der Waals surface area contributed by atoms with Crippen LogP contribution in [0.5, 0.6) is 0 Å². The fraction of sp³-hybridized carbons (Fsp3) is 0.400. The molecule has 0 rings (SSSR count). The SMILES string of the molecule is COC(=CO)C(C)=O.[NaH]. The van der Waals surface area contributed by atoms with Crippen molar-refractivity contribution in [3.63, 3.8) is 0 Å². The third kappa shape index (κ3) is 4.51. The molecule has 9 heavy (non-hydrogen) atoms. The summed E-state index contributed by atoms with van der Waals surface area (Å²) in [6.07, 6.45) is 0.641. The van der Waals surface area contributed by atoms with Gasteiger partial charge in [0.2, 0.25) is 0 Å². The van der Waals surface area contributed by atoms with Crippen LogP contribution in [-0.2, 0) is 9.53 Å². The van der Waals surface area contributed by atoms with Gasteiger partial charge in [0.1, 0.15) is 6.26 Å². The van der Waals surface area contributed by atoms with E-state index in [0.717, 1.165) is 0 Å². The number of methoxy groups -OCH3 is 1. The van der Waals surface area contributed by atoms with Crippen molar-refractivity contribution in [3.8, 4) is 0 Å². The van der Waals surface area contributed by atoms with E-state index in [-0.39, 0.29) is 41.1 Å². The molecule has 0 saturated heterocycles. The van der Waals surface area contributed by atoms with Crippen LogP contribution < -0.4 is 0 Å². The first-order chi connectivity index (χ1) is 3.72. The normalized spacial score (nSPS) is 9.78. The van der Waals surface area contributed by atoms with Gasteiger partial charge in [-0.2, -0.15) is 0 Å². The Hall–Kier alpha value is 0.0100. The molecule has 0 amide bonds. The maximum atomic E-state index is 10.3. The number of carbonyl (C=O) groups is 1. The second-order valence-electron chi connectivity index (χ2n) is 1.25. The molecule has 0 aromatic rings. The molecule has 0 spiro atoms. The summed E-state index contributed by atoms with van der Waals surface area (Å²) in [6.45, 7) is 1.31. The molecule has 4 heteroatoms. The third-order valence-corrected chi connectivity index (χ3v) is 0.684. The van der Waals surface area contributed by atoms with Crippen molar-refractivity contribution in [2.75, 3.05) is 7.11 Å². The zero-order valence-corrected chi connectivity index (χ0v) is 4.84. The van der Waals surface area contributed by atoms with E-state index in [0.29, 0.717) is 6.26 Å². The first kappa shape index (κ1) is 11.8. The van der Waals surface area contributed by atoms with Gasteiger partial charge < -0.3 is 9.84 Å². The van der Waals surface area contributed by atoms with E-state index in [1.54, 1.807) is 0 Å². The molecule has 0 unspecified atom stereocenters. The van der Waals surface area contributed by atoms with Gasteiger partial charge in [-0.3, -0.25) is 4.79 Å². The van der Waals surface area contributed by atoms with Crippen LogP contribution in [0.2, 0.25) is 0 Å². The van der Waals surface area contributed by atoms with Crippen molar-refractivity contribution in [1.29, 1.82) is 0 Å². The van der Waals surface area contributed by atoms with Crippen molar-refractivity contribution in [2.24, 2.45) is 0 Å². The maximum absolute atomic E-state index is 10.3. The summed E-state index contributed by atoms with van der Waals surface area (Å²) in [5.41, 5.74) is 0. The Labute approximate surface area is 76.0 Å². The Morgan fingerprint density at radius 2 is 2.11 bits per heavy atom. The van der Waals surface area contributed by atoms with Crippen LogP contribution in [0.4, 0.5) is 0 Å². The quantitative estimate of drug-likeness (QED) is 0.333. The summed E-state index contributed by atoms with van der Waals surface area (Å²) >= 11 is 0. The predicted octanol–water partition coefficient (Wildman–Crippen LogP) is -0.0273. The molecule has 0 aromatic carbocycles. The van der Waals surface area contributed by atoms with Gasteiger partial charge in [0, 0.05) is 6.92 Å². The number of aliphatic hydroxyl groups excluding tert-OH is 1. The average molecular weight is 140 g/mol. The first-order valence-electron chi connectivity index (χ1n) is 2.11. The first-order valence-corrected chi connectivity index (χ1v) is 2.11. The van der Waals surface area contributed by atoms with Gasteiger partial charge >= 0.3 is 29.6 Å². The number of carbonyl (C=O) groups excluding carboxylic acids is 1. The van der Waals surface area contributed by atoms with Gasteiger partial charge in [0.15, 0.2) is 11.5 Å². The second-order valence-corrected chi connectivity index (χ2v) is 1.25. The molecule has 0 heterocycles. The van der Waals surface area contributed by atoms with Crippen LogP contribution in [0.3, 0.4) is 0 Å². The molecule has 0 aliphatic rings. The Morgan fingerprint density at radius 1 is 1.67 bits per heavy atom. The van der Waals surface area contributed by atoms with E-state index in [4.69, 9.17) is 5.11 Å². The van der Waals surface area contributed by atoms with Crippen LogP contribution in [0.1, 0.15) is 6.92 Å². The molecule has 0 bridgehead atoms. The number of hydrogen-bond donors (Lipinski definition) is 1. The van der Waals surface area contributed by atoms with Crippen LogP contribution in [0.25, 0.3) is 0 Å². The van der Waals surface area contributed by atoms with E-state index in [9.17, 15) is 4.79 Å². The number of hydrogen-bond acceptors (Lipinski definition) is 3. The van der Waals surface area contributed by atoms with Crippen LogP contribution in [0, 0.1) is 0 Å². The molecule has 48 valence electrons. The van der Waals surface area contributed by atoms with Gasteiger partial charge in [0.05, 0.1) is 7.11 Å². The number of aliphatic hydroxyl groups is 1. The van der Waals surface area contributed by atoms with Gasteiger partial charge in [0.25, 0.3) is 0 Å². The minimum atomic E-state index is -0.282. The van der Waals surface area contributed by atoms with E-state index in [2.05, 4.69) is 4.74 Å². The number of rotatable bonds is 2. The van der Waals surface area contributed by atoms with E-state index in [1.165, 1.54) is 14.0 Å². The standard InChI is InChI=1S/C5H8O3.Na.H/c1-4(7)5(3-6)8-2;;/h3,6H,1-2H3;;. The molecule has 0 radical (unpaired) electrons. The molecule has 0 atom stereocenters. The number of ether oxygens (including phenoxy) is 1. The predicted molar refractivity (Wildman–Crippen MR) is 35.6 cm³/mol. The van der Waals surface area contributed by atoms with Crippen LogP contribution in [-0.4, -0.2) is 47.6 Å². The van der Waals surface area contributed by atoms with Crippen molar-refractivity contribution in [1.82, 2.24) is 0 Å². The summed E-state index contributed by atoms with van der Waals surface area (Å²) in [5, 5.41) is 8.19. The molecule has 3 nitrogen and oxygen atoms in total. The van der Waals surface area contributed by atoms with Gasteiger partial charge in [-0.05, 0) is 0 Å². The average Bonchev–Trinajstić information content (AvgIpc) is 1.69. The van der Waals surface area contributed by atoms with Crippen molar-refractivity contribution >= 4 is 35.3 Å². The van der Waals surface area contributed by atoms with E-state index in [1.807, 2.05) is 0 Å². The Kier molecular flexibility index (Phi) is 8.02. The summed E-state index contributed by atoms with van der Waals surface area (Å²) in [4.78, 5) is 10.3. The fourth-order valence-electron chi connectivity index (χ4n) is 0.287. The molecule has 0 aliphatic heterocycles. The van der Waals surface area contributed by atoms with Gasteiger partial charge in [-0.25, -0.2) is 0 Å². The molecule has 0 fully saturated rings. The van der Waals surface area contributed by atoms with Gasteiger partial charge in [-0.1, -0.05) is 0 Å². The second kappa shape index (κ2) is 6.13. The zero-order valence-electron chi connectivity index (χ0n) is 4.84.